The van der Waals surface area contributed by atoms with Gasteiger partial charge >= 0.3 is 0 Å². The van der Waals surface area contributed by atoms with Crippen molar-refractivity contribution in [2.24, 2.45) is 0 Å². The minimum atomic E-state index is 0.644. The van der Waals surface area contributed by atoms with Crippen LogP contribution >= 0.6 is 11.8 Å². The van der Waals surface area contributed by atoms with E-state index in [0.717, 1.165) is 18.8 Å². The topological polar surface area (TPSA) is 48.7 Å². The number of pyridine rings is 1. The van der Waals surface area contributed by atoms with Crippen LogP contribution in [-0.4, -0.2) is 23.0 Å². The molecule has 1 aromatic heterocycles. The van der Waals surface area contributed by atoms with E-state index in [9.17, 15) is 0 Å². The molecule has 1 rings (SSSR count). The molecule has 0 amide bonds. The Hall–Kier alpha value is -1.21. The van der Waals surface area contributed by atoms with Crippen LogP contribution in [0.1, 0.15) is 18.9 Å². The quantitative estimate of drug-likeness (QED) is 0.830. The van der Waals surface area contributed by atoms with Gasteiger partial charge in [0.05, 0.1) is 11.6 Å². The minimum Gasteiger partial charge on any atom is -0.370 e. The number of aromatic nitrogens is 1. The van der Waals surface area contributed by atoms with Gasteiger partial charge in [0.1, 0.15) is 5.82 Å². The molecule has 1 unspecified atom stereocenters. The highest BCUT2D eigenvalue weighted by Gasteiger charge is 1.99. The molecule has 0 aliphatic rings. The molecule has 4 heteroatoms. The molecule has 0 saturated carbocycles. The van der Waals surface area contributed by atoms with Gasteiger partial charge < -0.3 is 5.32 Å². The van der Waals surface area contributed by atoms with Gasteiger partial charge in [0.25, 0.3) is 0 Å². The number of nitrogens with zero attached hydrogens (tertiary/aromatic N) is 2. The molecule has 0 fully saturated rings. The monoisotopic (exact) mass is 221 g/mol. The van der Waals surface area contributed by atoms with E-state index in [1.807, 2.05) is 11.8 Å². The van der Waals surface area contributed by atoms with E-state index in [1.54, 1.807) is 18.3 Å². The van der Waals surface area contributed by atoms with Crippen LogP contribution in [0.2, 0.25) is 0 Å². The molecule has 1 heterocycles. The first kappa shape index (κ1) is 11.9. The summed E-state index contributed by atoms with van der Waals surface area (Å²) in [4.78, 5) is 4.14. The number of rotatable bonds is 5. The maximum atomic E-state index is 8.70. The van der Waals surface area contributed by atoms with Crippen molar-refractivity contribution in [3.05, 3.63) is 23.9 Å². The van der Waals surface area contributed by atoms with E-state index >= 15 is 0 Å². The normalized spacial score (nSPS) is 11.8. The molecule has 0 radical (unpaired) electrons. The van der Waals surface area contributed by atoms with Crippen molar-refractivity contribution in [1.82, 2.24) is 4.98 Å². The zero-order valence-electron chi connectivity index (χ0n) is 9.03. The predicted octanol–water partition coefficient (Wildman–Crippen LogP) is 2.51. The standard InChI is InChI=1S/C11H15N3S/c1-9(15-2)3-5-13-11-7-10(8-12)4-6-14-11/h4,6-7,9H,3,5H2,1-2H3,(H,13,14). The smallest absolute Gasteiger partial charge is 0.127 e. The van der Waals surface area contributed by atoms with Gasteiger partial charge in [-0.1, -0.05) is 6.92 Å². The minimum absolute atomic E-state index is 0.644. The molecular formula is C11H15N3S. The number of thioether (sulfide) groups is 1. The summed E-state index contributed by atoms with van der Waals surface area (Å²) < 4.78 is 0. The Kier molecular flexibility index (Phi) is 4.99. The summed E-state index contributed by atoms with van der Waals surface area (Å²) in [6.45, 7) is 3.09. The predicted molar refractivity (Wildman–Crippen MR) is 65.0 cm³/mol. The fourth-order valence-electron chi connectivity index (χ4n) is 1.12. The zero-order chi connectivity index (χ0) is 11.1. The van der Waals surface area contributed by atoms with Crippen LogP contribution in [0.3, 0.4) is 0 Å². The fraction of sp³-hybridized carbons (Fsp3) is 0.455. The Morgan fingerprint density at radius 3 is 3.13 bits per heavy atom. The molecule has 0 saturated heterocycles. The highest BCUT2D eigenvalue weighted by atomic mass is 32.2. The lowest BCUT2D eigenvalue weighted by Crippen LogP contribution is -2.08. The van der Waals surface area contributed by atoms with Crippen LogP contribution in [0.15, 0.2) is 18.3 Å². The van der Waals surface area contributed by atoms with Gasteiger partial charge in [-0.25, -0.2) is 4.98 Å². The Bertz CT molecular complexity index is 346. The van der Waals surface area contributed by atoms with E-state index in [1.165, 1.54) is 0 Å². The van der Waals surface area contributed by atoms with Gasteiger partial charge in [-0.15, -0.1) is 0 Å². The second-order valence-electron chi connectivity index (χ2n) is 3.30. The third kappa shape index (κ3) is 4.22. The number of anilines is 1. The van der Waals surface area contributed by atoms with Crippen LogP contribution in [0.25, 0.3) is 0 Å². The second-order valence-corrected chi connectivity index (χ2v) is 4.58. The molecule has 1 atom stereocenters. The van der Waals surface area contributed by atoms with Crippen molar-refractivity contribution in [2.75, 3.05) is 18.1 Å². The van der Waals surface area contributed by atoms with Gasteiger partial charge in [0, 0.05) is 18.0 Å². The number of nitriles is 1. The summed E-state index contributed by atoms with van der Waals surface area (Å²) in [5, 5.41) is 12.6. The molecule has 15 heavy (non-hydrogen) atoms. The first-order valence-corrected chi connectivity index (χ1v) is 6.18. The van der Waals surface area contributed by atoms with Gasteiger partial charge in [-0.05, 0) is 24.8 Å². The maximum absolute atomic E-state index is 8.70. The Morgan fingerprint density at radius 2 is 2.47 bits per heavy atom. The first-order chi connectivity index (χ1) is 7.26. The molecule has 80 valence electrons. The molecule has 1 N–H and O–H groups in total. The lowest BCUT2D eigenvalue weighted by molar-refractivity contribution is 0.850. The molecule has 3 nitrogen and oxygen atoms in total. The van der Waals surface area contributed by atoms with Crippen molar-refractivity contribution in [3.63, 3.8) is 0 Å². The van der Waals surface area contributed by atoms with Crippen LogP contribution in [0, 0.1) is 11.3 Å². The van der Waals surface area contributed by atoms with E-state index in [2.05, 4.69) is 29.5 Å². The van der Waals surface area contributed by atoms with Crippen LogP contribution in [0.4, 0.5) is 5.82 Å². The van der Waals surface area contributed by atoms with Crippen LogP contribution in [0.5, 0.6) is 0 Å². The summed E-state index contributed by atoms with van der Waals surface area (Å²) >= 11 is 1.85. The largest absolute Gasteiger partial charge is 0.370 e. The SMILES string of the molecule is CSC(C)CCNc1cc(C#N)ccn1. The van der Waals surface area contributed by atoms with Crippen molar-refractivity contribution >= 4 is 17.6 Å². The number of hydrogen-bond donors (Lipinski definition) is 1. The summed E-state index contributed by atoms with van der Waals surface area (Å²) in [6.07, 6.45) is 4.86. The maximum Gasteiger partial charge on any atom is 0.127 e. The Balaban J connectivity index is 2.41. The Morgan fingerprint density at radius 1 is 1.67 bits per heavy atom. The van der Waals surface area contributed by atoms with Gasteiger partial charge in [0.15, 0.2) is 0 Å². The highest BCUT2D eigenvalue weighted by Crippen LogP contribution is 2.10. The van der Waals surface area contributed by atoms with Crippen molar-refractivity contribution in [3.8, 4) is 6.07 Å². The molecule has 0 bridgehead atoms. The van der Waals surface area contributed by atoms with E-state index in [-0.39, 0.29) is 0 Å². The summed E-state index contributed by atoms with van der Waals surface area (Å²) in [5.41, 5.74) is 0.644. The van der Waals surface area contributed by atoms with Crippen LogP contribution in [-0.2, 0) is 0 Å². The number of hydrogen-bond acceptors (Lipinski definition) is 4. The molecule has 0 aliphatic carbocycles. The summed E-state index contributed by atoms with van der Waals surface area (Å²) in [7, 11) is 0. The molecule has 1 aromatic rings. The van der Waals surface area contributed by atoms with Crippen LogP contribution < -0.4 is 5.32 Å². The van der Waals surface area contributed by atoms with E-state index in [0.29, 0.717) is 10.8 Å². The summed E-state index contributed by atoms with van der Waals surface area (Å²) in [5.74, 6) is 0.780. The lowest BCUT2D eigenvalue weighted by Gasteiger charge is -2.09. The average Bonchev–Trinajstić information content (AvgIpc) is 2.29. The van der Waals surface area contributed by atoms with Crippen molar-refractivity contribution in [1.29, 1.82) is 5.26 Å². The second kappa shape index (κ2) is 6.31. The fourth-order valence-corrected chi connectivity index (χ4v) is 1.47. The highest BCUT2D eigenvalue weighted by molar-refractivity contribution is 7.99. The van der Waals surface area contributed by atoms with Crippen molar-refractivity contribution in [2.45, 2.75) is 18.6 Å². The number of nitrogens with one attached hydrogen (secondary N) is 1. The molecule has 0 spiro atoms. The Labute approximate surface area is 94.9 Å². The van der Waals surface area contributed by atoms with E-state index < -0.39 is 0 Å². The third-order valence-corrected chi connectivity index (χ3v) is 3.19. The third-order valence-electron chi connectivity index (χ3n) is 2.15. The van der Waals surface area contributed by atoms with E-state index in [4.69, 9.17) is 5.26 Å². The molecular weight excluding hydrogens is 206 g/mol. The van der Waals surface area contributed by atoms with Crippen molar-refractivity contribution < 1.29 is 0 Å². The molecule has 0 aromatic carbocycles. The summed E-state index contributed by atoms with van der Waals surface area (Å²) in [6, 6.07) is 5.57. The van der Waals surface area contributed by atoms with Gasteiger partial charge in [-0.3, -0.25) is 0 Å². The molecule has 0 aliphatic heterocycles. The van der Waals surface area contributed by atoms with Gasteiger partial charge in [0.2, 0.25) is 0 Å². The lowest BCUT2D eigenvalue weighted by atomic mass is 10.3. The first-order valence-electron chi connectivity index (χ1n) is 4.89. The zero-order valence-corrected chi connectivity index (χ0v) is 9.84. The van der Waals surface area contributed by atoms with Gasteiger partial charge in [-0.2, -0.15) is 17.0 Å². The average molecular weight is 221 g/mol.